The predicted octanol–water partition coefficient (Wildman–Crippen LogP) is 28.2. The normalized spacial score (nSPS) is 10.2. The molecule has 0 atom stereocenters. The standard InChI is InChI=1S/5C19H24S.5FH/c5*1-2-3-4-5-16-6-8-17(9-7-16)10-11-18-12-14-19(20)15-13-18;;;;;/h5*6-9,12-15,20H,2-5,10-11H2,1H3;5*1H. The Balaban J connectivity index is 0.000000649. The van der Waals surface area contributed by atoms with E-state index in [9.17, 15) is 0 Å². The molecule has 0 aliphatic carbocycles. The van der Waals surface area contributed by atoms with E-state index in [-0.39, 0.29) is 23.5 Å². The highest BCUT2D eigenvalue weighted by Crippen LogP contribution is 2.20. The van der Waals surface area contributed by atoms with E-state index in [0.717, 1.165) is 88.7 Å². The molecule has 0 bridgehead atoms. The maximum atomic E-state index is 4.32. The minimum atomic E-state index is 0. The molecule has 0 heterocycles. The molecule has 570 valence electrons. The first-order valence-corrected chi connectivity index (χ1v) is 40.4. The average Bonchev–Trinajstić information content (AvgIpc) is 0.996. The van der Waals surface area contributed by atoms with Crippen molar-refractivity contribution in [2.45, 2.75) is 252 Å². The lowest BCUT2D eigenvalue weighted by Gasteiger charge is -2.05. The van der Waals surface area contributed by atoms with Crippen LogP contribution in [0.25, 0.3) is 0 Å². The van der Waals surface area contributed by atoms with Crippen LogP contribution in [-0.4, -0.2) is 0 Å². The Morgan fingerprint density at radius 2 is 0.219 bits per heavy atom. The molecule has 10 heteroatoms. The van der Waals surface area contributed by atoms with Crippen LogP contribution in [0.4, 0.5) is 23.5 Å². The quantitative estimate of drug-likeness (QED) is 0.0146. The Hall–Kier alpha value is -6.40. The van der Waals surface area contributed by atoms with Crippen molar-refractivity contribution in [3.8, 4) is 0 Å². The lowest BCUT2D eigenvalue weighted by Crippen LogP contribution is -1.92. The van der Waals surface area contributed by atoms with Gasteiger partial charge in [-0.3, -0.25) is 23.5 Å². The molecular weight excluding hydrogens is 1400 g/mol. The number of hydrogen-bond donors (Lipinski definition) is 5. The van der Waals surface area contributed by atoms with Gasteiger partial charge in [0, 0.05) is 24.5 Å². The van der Waals surface area contributed by atoms with E-state index in [1.165, 1.54) is 212 Å². The third kappa shape index (κ3) is 43.3. The molecule has 0 unspecified atom stereocenters. The fourth-order valence-corrected chi connectivity index (χ4v) is 12.8. The van der Waals surface area contributed by atoms with Crippen LogP contribution in [0.2, 0.25) is 0 Å². The van der Waals surface area contributed by atoms with Crippen molar-refractivity contribution in [3.63, 3.8) is 0 Å². The number of aryl methyl sites for hydroxylation is 15. The lowest BCUT2D eigenvalue weighted by molar-refractivity contribution is 0.717. The molecule has 10 aromatic carbocycles. The van der Waals surface area contributed by atoms with Crippen LogP contribution in [0.15, 0.2) is 267 Å². The second-order valence-electron chi connectivity index (χ2n) is 27.2. The summed E-state index contributed by atoms with van der Waals surface area (Å²) >= 11 is 21.6. The van der Waals surface area contributed by atoms with Gasteiger partial charge >= 0.3 is 0 Å². The molecule has 0 aliphatic rings. The molecule has 0 fully saturated rings. The van der Waals surface area contributed by atoms with Crippen LogP contribution in [0, 0.1) is 0 Å². The topological polar surface area (TPSA) is 0 Å². The van der Waals surface area contributed by atoms with Gasteiger partial charge < -0.3 is 0 Å². The molecule has 10 aromatic rings. The van der Waals surface area contributed by atoms with Gasteiger partial charge in [0.05, 0.1) is 0 Å². The van der Waals surface area contributed by atoms with Crippen molar-refractivity contribution >= 4 is 63.1 Å². The number of benzene rings is 10. The van der Waals surface area contributed by atoms with E-state index in [4.69, 9.17) is 0 Å². The van der Waals surface area contributed by atoms with Gasteiger partial charge in [-0.15, -0.1) is 63.1 Å². The summed E-state index contributed by atoms with van der Waals surface area (Å²) in [6.07, 6.45) is 36.9. The van der Waals surface area contributed by atoms with E-state index in [0.29, 0.717) is 0 Å². The molecule has 0 aromatic heterocycles. The van der Waals surface area contributed by atoms with Gasteiger partial charge in [0.2, 0.25) is 0 Å². The number of unbranched alkanes of at least 4 members (excludes halogenated alkanes) is 10. The molecule has 0 radical (unpaired) electrons. The Morgan fingerprint density at radius 1 is 0.133 bits per heavy atom. The second kappa shape index (κ2) is 59.6. The minimum Gasteiger partial charge on any atom is -0.269 e. The monoisotopic (exact) mass is 1520 g/mol. The molecule has 0 aliphatic heterocycles. The van der Waals surface area contributed by atoms with Crippen molar-refractivity contribution in [2.24, 2.45) is 0 Å². The first kappa shape index (κ1) is 96.6. The Morgan fingerprint density at radius 3 is 0.314 bits per heavy atom. The van der Waals surface area contributed by atoms with Crippen molar-refractivity contribution in [1.29, 1.82) is 0 Å². The second-order valence-corrected chi connectivity index (χ2v) is 29.8. The van der Waals surface area contributed by atoms with Gasteiger partial charge in [-0.2, -0.15) is 0 Å². The third-order valence-corrected chi connectivity index (χ3v) is 20.1. The largest absolute Gasteiger partial charge is 0.269 e. The average molecular weight is 1520 g/mol. The predicted molar refractivity (Wildman–Crippen MR) is 466 cm³/mol. The summed E-state index contributed by atoms with van der Waals surface area (Å²) in [7, 11) is 0. The highest BCUT2D eigenvalue weighted by atomic mass is 32.1. The van der Waals surface area contributed by atoms with Gasteiger partial charge in [-0.25, -0.2) is 0 Å². The summed E-state index contributed by atoms with van der Waals surface area (Å²) in [6.45, 7) is 11.3. The van der Waals surface area contributed by atoms with Crippen LogP contribution in [0.5, 0.6) is 0 Å². The number of rotatable bonds is 35. The van der Waals surface area contributed by atoms with Gasteiger partial charge in [0.25, 0.3) is 0 Å². The molecule has 0 nitrogen and oxygen atoms in total. The molecule has 105 heavy (non-hydrogen) atoms. The van der Waals surface area contributed by atoms with Gasteiger partial charge in [0.15, 0.2) is 0 Å². The number of halogens is 5. The van der Waals surface area contributed by atoms with Crippen LogP contribution < -0.4 is 0 Å². The molecule has 0 saturated heterocycles. The van der Waals surface area contributed by atoms with E-state index in [1.54, 1.807) is 0 Å². The molecule has 10 rings (SSSR count). The zero-order chi connectivity index (χ0) is 71.0. The van der Waals surface area contributed by atoms with Crippen molar-refractivity contribution < 1.29 is 23.5 Å². The summed E-state index contributed by atoms with van der Waals surface area (Å²) in [6, 6.07) is 88.1. The molecule has 0 N–H and O–H groups in total. The molecule has 0 spiro atoms. The van der Waals surface area contributed by atoms with E-state index < -0.39 is 0 Å². The fraction of sp³-hybridized carbons (Fsp3) is 0.368. The highest BCUT2D eigenvalue weighted by Gasteiger charge is 2.05. The van der Waals surface area contributed by atoms with Crippen molar-refractivity contribution in [2.75, 3.05) is 0 Å². The first-order valence-electron chi connectivity index (χ1n) is 38.2. The van der Waals surface area contributed by atoms with Gasteiger partial charge in [-0.1, -0.05) is 281 Å². The Kier molecular flexibility index (Phi) is 54.9. The summed E-state index contributed by atoms with van der Waals surface area (Å²) < 4.78 is 0. The zero-order valence-electron chi connectivity index (χ0n) is 63.6. The number of thiol groups is 5. The molecule has 0 saturated carbocycles. The van der Waals surface area contributed by atoms with Crippen molar-refractivity contribution in [1.82, 2.24) is 0 Å². The fourth-order valence-electron chi connectivity index (χ4n) is 12.0. The van der Waals surface area contributed by atoms with Crippen LogP contribution in [0.1, 0.15) is 214 Å². The third-order valence-electron chi connectivity index (χ3n) is 18.7. The van der Waals surface area contributed by atoms with E-state index in [1.807, 2.05) is 0 Å². The Bertz CT molecular complexity index is 3090. The van der Waals surface area contributed by atoms with E-state index >= 15 is 0 Å². The van der Waals surface area contributed by atoms with Crippen LogP contribution in [-0.2, 0) is 96.3 Å². The highest BCUT2D eigenvalue weighted by molar-refractivity contribution is 7.81. The van der Waals surface area contributed by atoms with E-state index in [2.05, 4.69) is 340 Å². The van der Waals surface area contributed by atoms with Crippen molar-refractivity contribution in [3.05, 3.63) is 326 Å². The number of hydrogen-bond acceptors (Lipinski definition) is 5. The maximum absolute atomic E-state index is 4.32. The lowest BCUT2D eigenvalue weighted by atomic mass is 10.0. The summed E-state index contributed by atoms with van der Waals surface area (Å²) in [5.74, 6) is 0. The molecular formula is C95H125F5S5. The summed E-state index contributed by atoms with van der Waals surface area (Å²) in [5, 5.41) is 0. The maximum Gasteiger partial charge on any atom is 0.00401 e. The van der Waals surface area contributed by atoms with Crippen LogP contribution in [0.3, 0.4) is 0 Å². The van der Waals surface area contributed by atoms with Gasteiger partial charge in [-0.05, 0) is 273 Å². The van der Waals surface area contributed by atoms with Crippen LogP contribution >= 0.6 is 63.1 Å². The molecule has 0 amide bonds. The smallest absolute Gasteiger partial charge is 0.00401 e. The minimum absolute atomic E-state index is 0. The van der Waals surface area contributed by atoms with Gasteiger partial charge in [0.1, 0.15) is 0 Å². The summed E-state index contributed by atoms with van der Waals surface area (Å²) in [5.41, 5.74) is 21.4. The summed E-state index contributed by atoms with van der Waals surface area (Å²) in [4.78, 5) is 5.16. The first-order chi connectivity index (χ1) is 48.9. The Labute approximate surface area is 659 Å². The SMILES string of the molecule is CCCCCc1ccc(CCc2ccc(S)cc2)cc1.CCCCCc1ccc(CCc2ccc(S)cc2)cc1.CCCCCc1ccc(CCc2ccc(S)cc2)cc1.CCCCCc1ccc(CCc2ccc(S)cc2)cc1.CCCCCc1ccc(CCc2ccc(S)cc2)cc1.F.F.F.F.F. The zero-order valence-corrected chi connectivity index (χ0v) is 68.1.